The number of piperidine rings is 1. The zero-order valence-corrected chi connectivity index (χ0v) is 20.2. The average Bonchev–Trinajstić information content (AvgIpc) is 3.22. The third-order valence-electron chi connectivity index (χ3n) is 6.49. The van der Waals surface area contributed by atoms with Crippen molar-refractivity contribution in [1.82, 2.24) is 10.6 Å². The van der Waals surface area contributed by atoms with E-state index in [1.807, 2.05) is 0 Å². The van der Waals surface area contributed by atoms with Crippen LogP contribution in [-0.4, -0.2) is 36.7 Å². The summed E-state index contributed by atoms with van der Waals surface area (Å²) in [6.07, 6.45) is 7.31. The number of imide groups is 1. The number of fused-ring (bicyclic) bond motifs is 1. The van der Waals surface area contributed by atoms with E-state index in [4.69, 9.17) is 4.74 Å². The Morgan fingerprint density at radius 1 is 1.09 bits per heavy atom. The fraction of sp³-hybridized carbons (Fsp3) is 0.462. The lowest BCUT2D eigenvalue weighted by Gasteiger charge is -2.22. The molecule has 0 radical (unpaired) electrons. The number of thiophene rings is 1. The fourth-order valence-corrected chi connectivity index (χ4v) is 6.05. The average molecular weight is 483 g/mol. The minimum absolute atomic E-state index is 0.101. The number of hydrogen-bond donors (Lipinski definition) is 2. The largest absolute Gasteiger partial charge is 0.497 e. The zero-order valence-electron chi connectivity index (χ0n) is 19.4. The highest BCUT2D eigenvalue weighted by Gasteiger charge is 2.31. The molecule has 1 aromatic heterocycles. The Morgan fingerprint density at radius 3 is 2.59 bits per heavy atom. The van der Waals surface area contributed by atoms with Crippen molar-refractivity contribution in [2.24, 2.45) is 0 Å². The number of unbranched alkanes of at least 4 members (excludes halogenated alkanes) is 1. The molecule has 34 heavy (non-hydrogen) atoms. The summed E-state index contributed by atoms with van der Waals surface area (Å²) in [6, 6.07) is 6.46. The number of hydrogen-bond acceptors (Lipinski definition) is 6. The van der Waals surface area contributed by atoms with Crippen LogP contribution in [0.5, 0.6) is 5.75 Å². The van der Waals surface area contributed by atoms with Crippen LogP contribution in [0, 0.1) is 0 Å². The van der Waals surface area contributed by atoms with Gasteiger partial charge in [0.2, 0.25) is 11.8 Å². The number of carbonyl (C=O) groups is 4. The summed E-state index contributed by atoms with van der Waals surface area (Å²) in [5, 5.41) is 5.16. The third kappa shape index (κ3) is 5.55. The molecule has 0 spiro atoms. The Bertz CT molecular complexity index is 1090. The Balaban J connectivity index is 1.39. The highest BCUT2D eigenvalue weighted by atomic mass is 32.1. The van der Waals surface area contributed by atoms with E-state index in [-0.39, 0.29) is 24.0 Å². The lowest BCUT2D eigenvalue weighted by molar-refractivity contribution is -0.134. The minimum Gasteiger partial charge on any atom is -0.497 e. The molecule has 3 amide bonds. The number of methoxy groups -OCH3 is 1. The highest BCUT2D eigenvalue weighted by Crippen LogP contribution is 2.35. The summed E-state index contributed by atoms with van der Waals surface area (Å²) < 4.78 is 5.14. The molecule has 2 aromatic rings. The van der Waals surface area contributed by atoms with Gasteiger partial charge in [0.25, 0.3) is 5.91 Å². The molecule has 2 N–H and O–H groups in total. The molecule has 1 unspecified atom stereocenters. The van der Waals surface area contributed by atoms with Gasteiger partial charge in [0.1, 0.15) is 11.8 Å². The van der Waals surface area contributed by atoms with Crippen LogP contribution in [0.3, 0.4) is 0 Å². The molecule has 7 nitrogen and oxygen atoms in total. The van der Waals surface area contributed by atoms with E-state index in [0.29, 0.717) is 24.0 Å². The van der Waals surface area contributed by atoms with Crippen molar-refractivity contribution in [3.8, 4) is 5.75 Å². The Morgan fingerprint density at radius 2 is 1.85 bits per heavy atom. The summed E-state index contributed by atoms with van der Waals surface area (Å²) >= 11 is 1.70. The first-order valence-electron chi connectivity index (χ1n) is 11.9. The van der Waals surface area contributed by atoms with Gasteiger partial charge >= 0.3 is 0 Å². The molecule has 1 aliphatic carbocycles. The Kier molecular flexibility index (Phi) is 7.77. The number of carbonyl (C=O) groups excluding carboxylic acids is 4. The topological polar surface area (TPSA) is 102 Å². The number of amides is 3. The Labute approximate surface area is 203 Å². The van der Waals surface area contributed by atoms with Crippen molar-refractivity contribution in [2.45, 2.75) is 70.3 Å². The van der Waals surface area contributed by atoms with Gasteiger partial charge in [-0.1, -0.05) is 0 Å². The van der Waals surface area contributed by atoms with E-state index in [1.54, 1.807) is 42.7 Å². The normalized spacial score (nSPS) is 17.6. The number of nitrogens with one attached hydrogen (secondary N) is 2. The number of aryl methyl sites for hydroxylation is 2. The lowest BCUT2D eigenvalue weighted by atomic mass is 9.93. The van der Waals surface area contributed by atoms with Gasteiger partial charge in [0.05, 0.1) is 12.7 Å². The quantitative estimate of drug-likeness (QED) is 0.322. The standard InChI is InChI=1S/C26H30N2O5S/c1-33-17-12-10-16(11-13-17)20(29)7-3-5-9-22-24(18-6-2-4-8-21(18)34-22)26(32)27-19-14-15-23(30)28-25(19)31/h10-13,19H,2-9,14-15H2,1H3,(H,27,32)(H,28,30,31). The minimum atomic E-state index is -0.681. The van der Waals surface area contributed by atoms with E-state index in [1.165, 1.54) is 4.88 Å². The van der Waals surface area contributed by atoms with E-state index in [9.17, 15) is 19.2 Å². The van der Waals surface area contributed by atoms with Gasteiger partial charge in [-0.15, -0.1) is 11.3 Å². The summed E-state index contributed by atoms with van der Waals surface area (Å²) in [5.74, 6) is -0.135. The highest BCUT2D eigenvalue weighted by molar-refractivity contribution is 7.12. The van der Waals surface area contributed by atoms with Crippen LogP contribution < -0.4 is 15.4 Å². The molecular formula is C26H30N2O5S. The molecule has 1 atom stereocenters. The van der Waals surface area contributed by atoms with Crippen LogP contribution in [0.2, 0.25) is 0 Å². The molecule has 0 bridgehead atoms. The lowest BCUT2D eigenvalue weighted by Crippen LogP contribution is -2.52. The van der Waals surface area contributed by atoms with Gasteiger partial charge in [0, 0.05) is 28.2 Å². The first-order chi connectivity index (χ1) is 16.5. The first-order valence-corrected chi connectivity index (χ1v) is 12.7. The third-order valence-corrected chi connectivity index (χ3v) is 7.84. The molecule has 1 aromatic carbocycles. The van der Waals surface area contributed by atoms with E-state index in [0.717, 1.165) is 61.1 Å². The van der Waals surface area contributed by atoms with Gasteiger partial charge in [-0.3, -0.25) is 24.5 Å². The SMILES string of the molecule is COc1ccc(C(=O)CCCCc2sc3c(c2C(=O)NC2CCC(=O)NC2=O)CCCC3)cc1. The van der Waals surface area contributed by atoms with Gasteiger partial charge in [-0.2, -0.15) is 0 Å². The van der Waals surface area contributed by atoms with Crippen molar-refractivity contribution < 1.29 is 23.9 Å². The number of ketones is 1. The molecule has 1 saturated heterocycles. The predicted molar refractivity (Wildman–Crippen MR) is 129 cm³/mol. The Hall–Kier alpha value is -3.00. The maximum Gasteiger partial charge on any atom is 0.253 e. The predicted octanol–water partition coefficient (Wildman–Crippen LogP) is 3.77. The second-order valence-corrected chi connectivity index (χ2v) is 10.0. The molecule has 8 heteroatoms. The van der Waals surface area contributed by atoms with E-state index < -0.39 is 11.9 Å². The number of Topliss-reactive ketones (excluding diaryl/α,β-unsaturated/α-hetero) is 1. The maximum absolute atomic E-state index is 13.2. The van der Waals surface area contributed by atoms with E-state index in [2.05, 4.69) is 10.6 Å². The van der Waals surface area contributed by atoms with Crippen LogP contribution in [0.25, 0.3) is 0 Å². The van der Waals surface area contributed by atoms with Crippen LogP contribution >= 0.6 is 11.3 Å². The van der Waals surface area contributed by atoms with Crippen molar-refractivity contribution in [2.75, 3.05) is 7.11 Å². The van der Waals surface area contributed by atoms with Gasteiger partial charge in [0.15, 0.2) is 5.78 Å². The van der Waals surface area contributed by atoms with Crippen molar-refractivity contribution in [3.63, 3.8) is 0 Å². The second kappa shape index (κ2) is 11.0. The van der Waals surface area contributed by atoms with Gasteiger partial charge in [-0.25, -0.2) is 0 Å². The number of benzene rings is 1. The zero-order chi connectivity index (χ0) is 24.1. The molecule has 1 fully saturated rings. The van der Waals surface area contributed by atoms with Crippen LogP contribution in [-0.2, 0) is 28.9 Å². The van der Waals surface area contributed by atoms with Crippen molar-refractivity contribution in [1.29, 1.82) is 0 Å². The number of ether oxygens (including phenoxy) is 1. The summed E-state index contributed by atoms with van der Waals surface area (Å²) in [6.45, 7) is 0. The van der Waals surface area contributed by atoms with Crippen LogP contribution in [0.15, 0.2) is 24.3 Å². The molecule has 0 saturated carbocycles. The monoisotopic (exact) mass is 482 g/mol. The van der Waals surface area contributed by atoms with Crippen LogP contribution in [0.1, 0.15) is 81.0 Å². The smallest absolute Gasteiger partial charge is 0.253 e. The van der Waals surface area contributed by atoms with Crippen LogP contribution in [0.4, 0.5) is 0 Å². The fourth-order valence-electron chi connectivity index (χ4n) is 4.62. The molecule has 2 aliphatic rings. The van der Waals surface area contributed by atoms with Crippen molar-refractivity contribution >= 4 is 34.8 Å². The maximum atomic E-state index is 13.2. The molecular weight excluding hydrogens is 452 g/mol. The summed E-state index contributed by atoms with van der Waals surface area (Å²) in [5.41, 5.74) is 2.51. The van der Waals surface area contributed by atoms with E-state index >= 15 is 0 Å². The number of rotatable bonds is 9. The molecule has 180 valence electrons. The van der Waals surface area contributed by atoms with Gasteiger partial charge < -0.3 is 10.1 Å². The summed E-state index contributed by atoms with van der Waals surface area (Å²) in [4.78, 5) is 51.6. The van der Waals surface area contributed by atoms with Crippen molar-refractivity contribution in [3.05, 3.63) is 50.7 Å². The second-order valence-electron chi connectivity index (χ2n) is 8.85. The molecule has 4 rings (SSSR count). The van der Waals surface area contributed by atoms with Gasteiger partial charge in [-0.05, 0) is 81.2 Å². The molecule has 1 aliphatic heterocycles. The summed E-state index contributed by atoms with van der Waals surface area (Å²) in [7, 11) is 1.60. The molecule has 2 heterocycles. The first kappa shape index (κ1) is 24.1.